The molecular formula is C18H23NO3. The quantitative estimate of drug-likeness (QED) is 0.617. The van der Waals surface area contributed by atoms with Crippen LogP contribution in [0.25, 0.3) is 0 Å². The van der Waals surface area contributed by atoms with Crippen LogP contribution >= 0.6 is 0 Å². The zero-order valence-electron chi connectivity index (χ0n) is 13.2. The molecule has 0 bridgehead atoms. The number of hydrogen-bond donors (Lipinski definition) is 1. The van der Waals surface area contributed by atoms with Gasteiger partial charge in [-0.25, -0.2) is 0 Å². The molecule has 22 heavy (non-hydrogen) atoms. The average molecular weight is 301 g/mol. The van der Waals surface area contributed by atoms with Crippen molar-refractivity contribution in [2.45, 2.75) is 39.1 Å². The number of nitriles is 1. The number of ether oxygens (including phenoxy) is 2. The van der Waals surface area contributed by atoms with E-state index in [0.29, 0.717) is 26.1 Å². The van der Waals surface area contributed by atoms with Crippen molar-refractivity contribution < 1.29 is 14.6 Å². The fraction of sp³-hybridized carbons (Fsp3) is 0.500. The Balaban J connectivity index is 2.14. The van der Waals surface area contributed by atoms with Gasteiger partial charge in [0.25, 0.3) is 0 Å². The topological polar surface area (TPSA) is 62.5 Å². The lowest BCUT2D eigenvalue weighted by molar-refractivity contribution is -0.140. The highest BCUT2D eigenvalue weighted by atomic mass is 16.7. The first-order chi connectivity index (χ1) is 10.6. The minimum Gasteiger partial charge on any atom is -0.387 e. The first-order valence-electron chi connectivity index (χ1n) is 7.65. The molecule has 1 aromatic rings. The second kappa shape index (κ2) is 7.06. The Morgan fingerprint density at radius 3 is 2.09 bits per heavy atom. The molecule has 0 aliphatic heterocycles. The number of nitrogens with zero attached hydrogens (tertiary/aromatic N) is 1. The van der Waals surface area contributed by atoms with Crippen molar-refractivity contribution >= 4 is 0 Å². The van der Waals surface area contributed by atoms with Crippen molar-refractivity contribution in [3.8, 4) is 6.07 Å². The Bertz CT molecular complexity index is 545. The lowest BCUT2D eigenvalue weighted by Gasteiger charge is -2.41. The molecule has 1 aliphatic carbocycles. The van der Waals surface area contributed by atoms with Gasteiger partial charge in [-0.15, -0.1) is 0 Å². The maximum absolute atomic E-state index is 10.5. The Kier molecular flexibility index (Phi) is 5.36. The Morgan fingerprint density at radius 1 is 1.18 bits per heavy atom. The Morgan fingerprint density at radius 2 is 1.68 bits per heavy atom. The zero-order valence-corrected chi connectivity index (χ0v) is 13.2. The SMILES string of the molecule is C=C1CC(C#N)(C(O)c2ccc(C(OCC)OCC)cc2)C1. The molecule has 0 amide bonds. The van der Waals surface area contributed by atoms with Crippen LogP contribution in [0, 0.1) is 16.7 Å². The molecule has 0 heterocycles. The summed E-state index contributed by atoms with van der Waals surface area (Å²) < 4.78 is 11.1. The molecule has 1 aromatic carbocycles. The van der Waals surface area contributed by atoms with Crippen molar-refractivity contribution in [3.63, 3.8) is 0 Å². The van der Waals surface area contributed by atoms with E-state index in [1.807, 2.05) is 38.1 Å². The van der Waals surface area contributed by atoms with Crippen LogP contribution in [0.5, 0.6) is 0 Å². The van der Waals surface area contributed by atoms with Gasteiger partial charge in [-0.2, -0.15) is 5.26 Å². The zero-order chi connectivity index (χ0) is 16.2. The van der Waals surface area contributed by atoms with Crippen LogP contribution in [-0.2, 0) is 9.47 Å². The summed E-state index contributed by atoms with van der Waals surface area (Å²) in [6, 6.07) is 9.70. The third-order valence-electron chi connectivity index (χ3n) is 4.04. The largest absolute Gasteiger partial charge is 0.387 e. The molecule has 4 nitrogen and oxygen atoms in total. The van der Waals surface area contributed by atoms with Crippen LogP contribution in [0.1, 0.15) is 50.2 Å². The molecule has 1 N–H and O–H groups in total. The molecule has 1 atom stereocenters. The highest BCUT2D eigenvalue weighted by Gasteiger charge is 2.46. The maximum Gasteiger partial charge on any atom is 0.183 e. The summed E-state index contributed by atoms with van der Waals surface area (Å²) in [4.78, 5) is 0. The normalized spacial score (nSPS) is 17.9. The van der Waals surface area contributed by atoms with Crippen molar-refractivity contribution in [2.24, 2.45) is 5.41 Å². The molecule has 0 spiro atoms. The molecule has 4 heteroatoms. The van der Waals surface area contributed by atoms with Crippen molar-refractivity contribution in [2.75, 3.05) is 13.2 Å². The lowest BCUT2D eigenvalue weighted by Crippen LogP contribution is -2.36. The Hall–Kier alpha value is -1.67. The minimum atomic E-state index is -0.797. The van der Waals surface area contributed by atoms with Gasteiger partial charge in [0, 0.05) is 18.8 Å². The van der Waals surface area contributed by atoms with E-state index in [2.05, 4.69) is 12.6 Å². The number of aliphatic hydroxyl groups is 1. The summed E-state index contributed by atoms with van der Waals surface area (Å²) in [5.41, 5.74) is 1.94. The molecule has 1 aliphatic rings. The molecular weight excluding hydrogens is 278 g/mol. The third-order valence-corrected chi connectivity index (χ3v) is 4.04. The van der Waals surface area contributed by atoms with Crippen LogP contribution in [0.15, 0.2) is 36.4 Å². The number of benzene rings is 1. The third kappa shape index (κ3) is 3.22. The average Bonchev–Trinajstić information content (AvgIpc) is 2.51. The van der Waals surface area contributed by atoms with Gasteiger partial charge < -0.3 is 14.6 Å². The van der Waals surface area contributed by atoms with Gasteiger partial charge in [0.2, 0.25) is 0 Å². The summed E-state index contributed by atoms with van der Waals surface area (Å²) >= 11 is 0. The number of allylic oxidation sites excluding steroid dienone is 1. The molecule has 0 aromatic heterocycles. The molecule has 1 saturated carbocycles. The second-order valence-corrected chi connectivity index (χ2v) is 5.68. The van der Waals surface area contributed by atoms with Gasteiger partial charge in [-0.3, -0.25) is 0 Å². The summed E-state index contributed by atoms with van der Waals surface area (Å²) in [7, 11) is 0. The molecule has 0 saturated heterocycles. The number of hydrogen-bond acceptors (Lipinski definition) is 4. The van der Waals surface area contributed by atoms with Crippen LogP contribution in [-0.4, -0.2) is 18.3 Å². The van der Waals surface area contributed by atoms with E-state index in [0.717, 1.165) is 16.7 Å². The standard InChI is InChI=1S/C18H23NO3/c1-4-21-17(22-5-2)15-8-6-14(7-9-15)16(20)18(12-19)10-13(3)11-18/h6-9,16-17,20H,3-5,10-11H2,1-2H3. The fourth-order valence-electron chi connectivity index (χ4n) is 2.87. The van der Waals surface area contributed by atoms with Crippen LogP contribution in [0.2, 0.25) is 0 Å². The van der Waals surface area contributed by atoms with E-state index in [-0.39, 0.29) is 0 Å². The second-order valence-electron chi connectivity index (χ2n) is 5.68. The van der Waals surface area contributed by atoms with Crippen molar-refractivity contribution in [1.29, 1.82) is 5.26 Å². The van der Waals surface area contributed by atoms with E-state index >= 15 is 0 Å². The minimum absolute atomic E-state index is 0.394. The predicted molar refractivity (Wildman–Crippen MR) is 83.8 cm³/mol. The van der Waals surface area contributed by atoms with Gasteiger partial charge in [-0.1, -0.05) is 36.4 Å². The van der Waals surface area contributed by atoms with E-state index in [4.69, 9.17) is 9.47 Å². The molecule has 118 valence electrons. The van der Waals surface area contributed by atoms with Crippen LogP contribution < -0.4 is 0 Å². The van der Waals surface area contributed by atoms with Gasteiger partial charge in [-0.05, 0) is 32.3 Å². The number of aliphatic hydroxyl groups excluding tert-OH is 1. The molecule has 1 unspecified atom stereocenters. The maximum atomic E-state index is 10.5. The van der Waals surface area contributed by atoms with E-state index < -0.39 is 17.8 Å². The number of rotatable bonds is 7. The molecule has 1 fully saturated rings. The summed E-state index contributed by atoms with van der Waals surface area (Å²) in [6.07, 6.45) is -0.0656. The Labute approximate surface area is 132 Å². The van der Waals surface area contributed by atoms with Gasteiger partial charge in [0.15, 0.2) is 6.29 Å². The predicted octanol–water partition coefficient (Wildman–Crippen LogP) is 3.65. The summed E-state index contributed by atoms with van der Waals surface area (Å²) in [5, 5.41) is 19.9. The summed E-state index contributed by atoms with van der Waals surface area (Å²) in [5.74, 6) is 0. The monoisotopic (exact) mass is 301 g/mol. The fourth-order valence-corrected chi connectivity index (χ4v) is 2.87. The van der Waals surface area contributed by atoms with E-state index in [1.54, 1.807) is 0 Å². The van der Waals surface area contributed by atoms with Crippen molar-refractivity contribution in [1.82, 2.24) is 0 Å². The van der Waals surface area contributed by atoms with Crippen LogP contribution in [0.3, 0.4) is 0 Å². The lowest BCUT2D eigenvalue weighted by atomic mass is 9.62. The van der Waals surface area contributed by atoms with Crippen molar-refractivity contribution in [3.05, 3.63) is 47.5 Å². The summed E-state index contributed by atoms with van der Waals surface area (Å²) in [6.45, 7) is 8.83. The van der Waals surface area contributed by atoms with E-state index in [9.17, 15) is 10.4 Å². The smallest absolute Gasteiger partial charge is 0.183 e. The molecule has 0 radical (unpaired) electrons. The first-order valence-corrected chi connectivity index (χ1v) is 7.65. The highest BCUT2D eigenvalue weighted by molar-refractivity contribution is 5.33. The highest BCUT2D eigenvalue weighted by Crippen LogP contribution is 2.52. The van der Waals surface area contributed by atoms with Crippen LogP contribution in [0.4, 0.5) is 0 Å². The first kappa shape index (κ1) is 16.7. The van der Waals surface area contributed by atoms with Gasteiger partial charge in [0.1, 0.15) is 0 Å². The van der Waals surface area contributed by atoms with E-state index in [1.165, 1.54) is 0 Å². The van der Waals surface area contributed by atoms with Gasteiger partial charge in [0.05, 0.1) is 17.6 Å². The molecule has 2 rings (SSSR count). The van der Waals surface area contributed by atoms with Gasteiger partial charge >= 0.3 is 0 Å².